The van der Waals surface area contributed by atoms with Gasteiger partial charge in [-0.05, 0) is 31.2 Å². The van der Waals surface area contributed by atoms with E-state index in [9.17, 15) is 4.79 Å². The Morgan fingerprint density at radius 3 is 2.61 bits per heavy atom. The third kappa shape index (κ3) is 2.65. The molecule has 2 heterocycles. The van der Waals surface area contributed by atoms with Crippen molar-refractivity contribution in [3.05, 3.63) is 35.5 Å². The van der Waals surface area contributed by atoms with Crippen LogP contribution in [0.4, 0.5) is 10.5 Å². The Bertz CT molecular complexity index is 957. The molecule has 114 valence electrons. The van der Waals surface area contributed by atoms with E-state index in [0.29, 0.717) is 33.0 Å². The molecule has 0 saturated carbocycles. The molecule has 0 radical (unpaired) electrons. The van der Waals surface area contributed by atoms with E-state index < -0.39 is 6.09 Å². The van der Waals surface area contributed by atoms with Crippen LogP contribution in [0.3, 0.4) is 0 Å². The largest absolute Gasteiger partial charge is 0.410 e. The summed E-state index contributed by atoms with van der Waals surface area (Å²) < 4.78 is 4.89. The number of nitrogen functional groups attached to an aromatic ring is 1. The van der Waals surface area contributed by atoms with Crippen molar-refractivity contribution in [1.29, 1.82) is 5.26 Å². The number of thiophene rings is 1. The molecule has 0 spiro atoms. The minimum atomic E-state index is -0.929. The molecule has 3 aromatic rings. The molecule has 23 heavy (non-hydrogen) atoms. The molecule has 1 amide bonds. The number of nitrogens with two attached hydrogens (primary N) is 2. The number of anilines is 1. The lowest BCUT2D eigenvalue weighted by molar-refractivity contribution is 0.212. The number of amides is 1. The van der Waals surface area contributed by atoms with Crippen molar-refractivity contribution >= 4 is 33.3 Å². The zero-order valence-corrected chi connectivity index (χ0v) is 12.8. The smallest absolute Gasteiger partial charge is 0.397 e. The van der Waals surface area contributed by atoms with Crippen LogP contribution in [0.15, 0.2) is 24.3 Å². The van der Waals surface area contributed by atoms with Gasteiger partial charge in [-0.1, -0.05) is 11.3 Å². The molecule has 0 aliphatic carbocycles. The van der Waals surface area contributed by atoms with E-state index in [0.717, 1.165) is 16.9 Å². The molecule has 7 nitrogen and oxygen atoms in total. The SMILES string of the molecule is Cc1nc(-c2ccc(C#N)cc2)nc2sc(OC(N)=O)c(N)c12. The van der Waals surface area contributed by atoms with Crippen molar-refractivity contribution in [2.75, 3.05) is 5.73 Å². The Balaban J connectivity index is 2.13. The molecule has 0 aliphatic heterocycles. The molecule has 0 unspecified atom stereocenters. The first-order valence-electron chi connectivity index (χ1n) is 6.54. The quantitative estimate of drug-likeness (QED) is 0.745. The summed E-state index contributed by atoms with van der Waals surface area (Å²) in [6, 6.07) is 9.00. The summed E-state index contributed by atoms with van der Waals surface area (Å²) in [6.45, 7) is 1.80. The van der Waals surface area contributed by atoms with Gasteiger partial charge in [0, 0.05) is 5.56 Å². The molecule has 1 aromatic carbocycles. The van der Waals surface area contributed by atoms with Gasteiger partial charge in [0.05, 0.1) is 28.4 Å². The van der Waals surface area contributed by atoms with Crippen LogP contribution in [-0.4, -0.2) is 16.1 Å². The van der Waals surface area contributed by atoms with E-state index in [4.69, 9.17) is 21.5 Å². The minimum absolute atomic E-state index is 0.210. The number of benzene rings is 1. The average molecular weight is 325 g/mol. The molecule has 0 atom stereocenters. The first-order valence-corrected chi connectivity index (χ1v) is 7.35. The Labute approximate surface area is 135 Å². The zero-order valence-electron chi connectivity index (χ0n) is 12.0. The predicted octanol–water partition coefficient (Wildman–Crippen LogP) is 2.58. The number of aryl methyl sites for hydroxylation is 1. The van der Waals surface area contributed by atoms with Crippen molar-refractivity contribution < 1.29 is 9.53 Å². The standard InChI is InChI=1S/C15H11N5O2S/c1-7-10-11(17)14(22-15(18)21)23-13(10)20-12(19-7)9-4-2-8(6-16)3-5-9/h2-5H,17H2,1H3,(H2,18,21). The van der Waals surface area contributed by atoms with E-state index in [1.165, 1.54) is 0 Å². The maximum Gasteiger partial charge on any atom is 0.410 e. The highest BCUT2D eigenvalue weighted by Crippen LogP contribution is 2.40. The summed E-state index contributed by atoms with van der Waals surface area (Å²) in [6.07, 6.45) is -0.929. The number of hydrogen-bond acceptors (Lipinski definition) is 7. The lowest BCUT2D eigenvalue weighted by atomic mass is 10.1. The number of hydrogen-bond donors (Lipinski definition) is 2. The normalized spacial score (nSPS) is 10.4. The summed E-state index contributed by atoms with van der Waals surface area (Å²) in [5, 5.41) is 9.70. The molecule has 4 N–H and O–H groups in total. The maximum absolute atomic E-state index is 10.9. The van der Waals surface area contributed by atoms with Crippen LogP contribution in [0.5, 0.6) is 5.06 Å². The lowest BCUT2D eigenvalue weighted by Crippen LogP contribution is -2.16. The third-order valence-electron chi connectivity index (χ3n) is 3.20. The van der Waals surface area contributed by atoms with Gasteiger partial charge in [0.1, 0.15) is 4.83 Å². The molecule has 0 aliphatic rings. The number of nitriles is 1. The van der Waals surface area contributed by atoms with E-state index >= 15 is 0 Å². The van der Waals surface area contributed by atoms with Crippen LogP contribution in [0, 0.1) is 18.3 Å². The molecular weight excluding hydrogens is 314 g/mol. The molecular formula is C15H11N5O2S. The molecule has 3 rings (SSSR count). The second-order valence-electron chi connectivity index (χ2n) is 4.73. The van der Waals surface area contributed by atoms with Crippen LogP contribution < -0.4 is 16.2 Å². The Kier molecular flexibility index (Phi) is 3.56. The van der Waals surface area contributed by atoms with Gasteiger partial charge in [-0.15, -0.1) is 0 Å². The van der Waals surface area contributed by atoms with E-state index in [2.05, 4.69) is 16.0 Å². The van der Waals surface area contributed by atoms with Crippen LogP contribution in [0.25, 0.3) is 21.6 Å². The minimum Gasteiger partial charge on any atom is -0.397 e. The summed E-state index contributed by atoms with van der Waals surface area (Å²) in [7, 11) is 0. The summed E-state index contributed by atoms with van der Waals surface area (Å²) in [5.74, 6) is 0.506. The second kappa shape index (κ2) is 5.55. The van der Waals surface area contributed by atoms with Gasteiger partial charge in [-0.3, -0.25) is 0 Å². The molecule has 2 aromatic heterocycles. The fourth-order valence-corrected chi connectivity index (χ4v) is 3.17. The number of rotatable bonds is 2. The summed E-state index contributed by atoms with van der Waals surface area (Å²) >= 11 is 1.13. The van der Waals surface area contributed by atoms with Crippen molar-refractivity contribution in [2.45, 2.75) is 6.92 Å². The van der Waals surface area contributed by atoms with Crippen LogP contribution >= 0.6 is 11.3 Å². The van der Waals surface area contributed by atoms with Crippen LogP contribution in [-0.2, 0) is 0 Å². The van der Waals surface area contributed by atoms with Crippen LogP contribution in [0.2, 0.25) is 0 Å². The molecule has 0 fully saturated rings. The predicted molar refractivity (Wildman–Crippen MR) is 86.9 cm³/mol. The Morgan fingerprint density at radius 2 is 2.00 bits per heavy atom. The van der Waals surface area contributed by atoms with E-state index in [-0.39, 0.29) is 5.06 Å². The van der Waals surface area contributed by atoms with Gasteiger partial charge < -0.3 is 16.2 Å². The first kappa shape index (κ1) is 14.7. The highest BCUT2D eigenvalue weighted by molar-refractivity contribution is 7.21. The van der Waals surface area contributed by atoms with Gasteiger partial charge in [0.2, 0.25) is 5.06 Å². The van der Waals surface area contributed by atoms with Crippen molar-refractivity contribution in [1.82, 2.24) is 9.97 Å². The molecule has 8 heteroatoms. The van der Waals surface area contributed by atoms with Gasteiger partial charge >= 0.3 is 6.09 Å². The van der Waals surface area contributed by atoms with E-state index in [1.807, 2.05) is 0 Å². The molecule has 0 bridgehead atoms. The lowest BCUT2D eigenvalue weighted by Gasteiger charge is -2.03. The fraction of sp³-hybridized carbons (Fsp3) is 0.0667. The average Bonchev–Trinajstić information content (AvgIpc) is 2.83. The van der Waals surface area contributed by atoms with Gasteiger partial charge in [0.15, 0.2) is 5.82 Å². The topological polar surface area (TPSA) is 128 Å². The highest BCUT2D eigenvalue weighted by atomic mass is 32.1. The van der Waals surface area contributed by atoms with Crippen molar-refractivity contribution in [3.63, 3.8) is 0 Å². The fourth-order valence-electron chi connectivity index (χ4n) is 2.17. The number of aromatic nitrogens is 2. The third-order valence-corrected chi connectivity index (χ3v) is 4.18. The number of primary amides is 1. The number of carbonyl (C=O) groups excluding carboxylic acids is 1. The molecule has 0 saturated heterocycles. The summed E-state index contributed by atoms with van der Waals surface area (Å²) in [4.78, 5) is 20.4. The number of ether oxygens (including phenoxy) is 1. The Hall–Kier alpha value is -3.18. The highest BCUT2D eigenvalue weighted by Gasteiger charge is 2.18. The van der Waals surface area contributed by atoms with Gasteiger partial charge in [0.25, 0.3) is 0 Å². The maximum atomic E-state index is 10.9. The van der Waals surface area contributed by atoms with Crippen molar-refractivity contribution in [3.8, 4) is 22.5 Å². The number of carbonyl (C=O) groups is 1. The first-order chi connectivity index (χ1) is 11.0. The second-order valence-corrected chi connectivity index (χ2v) is 5.69. The zero-order chi connectivity index (χ0) is 16.6. The monoisotopic (exact) mass is 325 g/mol. The van der Waals surface area contributed by atoms with Gasteiger partial charge in [-0.25, -0.2) is 14.8 Å². The number of fused-ring (bicyclic) bond motifs is 1. The Morgan fingerprint density at radius 1 is 1.30 bits per heavy atom. The van der Waals surface area contributed by atoms with Crippen LogP contribution in [0.1, 0.15) is 11.3 Å². The number of nitrogens with zero attached hydrogens (tertiary/aromatic N) is 3. The van der Waals surface area contributed by atoms with E-state index in [1.54, 1.807) is 31.2 Å². The van der Waals surface area contributed by atoms with Gasteiger partial charge in [-0.2, -0.15) is 5.26 Å². The summed E-state index contributed by atoms with van der Waals surface area (Å²) in [5.41, 5.74) is 13.3. The van der Waals surface area contributed by atoms with Crippen molar-refractivity contribution in [2.24, 2.45) is 5.73 Å².